The number of aromatic amines is 1. The van der Waals surface area contributed by atoms with Crippen LogP contribution in [-0.4, -0.2) is 30.8 Å². The number of hydrogen-bond donors (Lipinski definition) is 2. The second-order valence-corrected chi connectivity index (χ2v) is 4.27. The molecule has 7 heteroatoms. The molecule has 0 spiro atoms. The largest absolute Gasteiger partial charge is 0.481 e. The predicted molar refractivity (Wildman–Crippen MR) is 67.8 cm³/mol. The third-order valence-corrected chi connectivity index (χ3v) is 2.79. The number of nitrogens with zero attached hydrogens (tertiary/aromatic N) is 3. The Morgan fingerprint density at radius 2 is 2.26 bits per heavy atom. The standard InChI is InChI=1S/C12H14N4O3/c1-7-9(3-4-10(17)18)12(19)15-11(14-7)8-5-13-16(2)6-8/h5-6H,3-4H2,1-2H3,(H,17,18)(H,14,15,19). The van der Waals surface area contributed by atoms with Crippen molar-refractivity contribution < 1.29 is 9.90 Å². The molecule has 2 heterocycles. The van der Waals surface area contributed by atoms with Gasteiger partial charge in [-0.05, 0) is 13.3 Å². The van der Waals surface area contributed by atoms with E-state index in [0.29, 0.717) is 22.6 Å². The van der Waals surface area contributed by atoms with E-state index in [9.17, 15) is 9.59 Å². The minimum Gasteiger partial charge on any atom is -0.481 e. The topological polar surface area (TPSA) is 101 Å². The van der Waals surface area contributed by atoms with Gasteiger partial charge in [-0.3, -0.25) is 14.3 Å². The molecule has 0 saturated carbocycles. The molecule has 0 aliphatic heterocycles. The Labute approximate surface area is 108 Å². The number of carbonyl (C=O) groups is 1. The fourth-order valence-electron chi connectivity index (χ4n) is 1.82. The second-order valence-electron chi connectivity index (χ2n) is 4.27. The van der Waals surface area contributed by atoms with E-state index < -0.39 is 5.97 Å². The lowest BCUT2D eigenvalue weighted by Crippen LogP contribution is -2.18. The Kier molecular flexibility index (Phi) is 3.46. The van der Waals surface area contributed by atoms with Crippen LogP contribution < -0.4 is 5.56 Å². The van der Waals surface area contributed by atoms with Crippen LogP contribution in [0.25, 0.3) is 11.4 Å². The summed E-state index contributed by atoms with van der Waals surface area (Å²) in [6.45, 7) is 1.70. The van der Waals surface area contributed by atoms with Crippen molar-refractivity contribution in [3.8, 4) is 11.4 Å². The summed E-state index contributed by atoms with van der Waals surface area (Å²) < 4.78 is 1.61. The van der Waals surface area contributed by atoms with Gasteiger partial charge in [0.05, 0.1) is 11.8 Å². The van der Waals surface area contributed by atoms with Gasteiger partial charge in [0.15, 0.2) is 0 Å². The number of aromatic nitrogens is 4. The monoisotopic (exact) mass is 262 g/mol. The number of rotatable bonds is 4. The van der Waals surface area contributed by atoms with Crippen molar-refractivity contribution in [3.63, 3.8) is 0 Å². The summed E-state index contributed by atoms with van der Waals surface area (Å²) in [5.74, 6) is -0.496. The number of H-pyrrole nitrogens is 1. The quantitative estimate of drug-likeness (QED) is 0.835. The molecule has 0 fully saturated rings. The molecule has 0 aliphatic rings. The number of carboxylic acids is 1. The molecule has 100 valence electrons. The first-order valence-corrected chi connectivity index (χ1v) is 5.78. The Balaban J connectivity index is 2.36. The highest BCUT2D eigenvalue weighted by atomic mass is 16.4. The molecule has 0 amide bonds. The van der Waals surface area contributed by atoms with Crippen LogP contribution in [0.2, 0.25) is 0 Å². The Bertz CT molecular complexity index is 672. The van der Waals surface area contributed by atoms with Gasteiger partial charge in [0.25, 0.3) is 5.56 Å². The number of nitrogens with one attached hydrogen (secondary N) is 1. The molecule has 2 N–H and O–H groups in total. The van der Waals surface area contributed by atoms with Crippen LogP contribution in [0.3, 0.4) is 0 Å². The number of carboxylic acid groups (broad SMARTS) is 1. The van der Waals surface area contributed by atoms with Gasteiger partial charge in [0, 0.05) is 30.9 Å². The molecule has 0 aromatic carbocycles. The minimum absolute atomic E-state index is 0.0855. The normalized spacial score (nSPS) is 10.6. The van der Waals surface area contributed by atoms with Crippen LogP contribution in [-0.2, 0) is 18.3 Å². The maximum absolute atomic E-state index is 11.9. The molecule has 0 aliphatic carbocycles. The summed E-state index contributed by atoms with van der Waals surface area (Å²) in [7, 11) is 1.77. The molecular formula is C12H14N4O3. The zero-order valence-electron chi connectivity index (χ0n) is 10.7. The van der Waals surface area contributed by atoms with Gasteiger partial charge in [0.1, 0.15) is 5.82 Å². The first kappa shape index (κ1) is 13.0. The van der Waals surface area contributed by atoms with E-state index in [1.165, 1.54) is 0 Å². The van der Waals surface area contributed by atoms with Crippen LogP contribution in [0.5, 0.6) is 0 Å². The summed E-state index contributed by atoms with van der Waals surface area (Å²) in [4.78, 5) is 29.4. The van der Waals surface area contributed by atoms with Crippen molar-refractivity contribution in [1.82, 2.24) is 19.7 Å². The van der Waals surface area contributed by atoms with E-state index in [-0.39, 0.29) is 18.4 Å². The van der Waals surface area contributed by atoms with Gasteiger partial charge in [0.2, 0.25) is 0 Å². The SMILES string of the molecule is Cc1nc(-c2cnn(C)c2)[nH]c(=O)c1CCC(=O)O. The van der Waals surface area contributed by atoms with Gasteiger partial charge in [-0.1, -0.05) is 0 Å². The zero-order chi connectivity index (χ0) is 14.0. The fourth-order valence-corrected chi connectivity index (χ4v) is 1.82. The molecule has 0 unspecified atom stereocenters. The summed E-state index contributed by atoms with van der Waals surface area (Å²) in [6.07, 6.45) is 3.44. The average molecular weight is 262 g/mol. The van der Waals surface area contributed by atoms with Crippen molar-refractivity contribution in [2.24, 2.45) is 7.05 Å². The Morgan fingerprint density at radius 1 is 1.53 bits per heavy atom. The van der Waals surface area contributed by atoms with Crippen LogP contribution >= 0.6 is 0 Å². The highest BCUT2D eigenvalue weighted by Crippen LogP contribution is 2.13. The highest BCUT2D eigenvalue weighted by Gasteiger charge is 2.11. The Hall–Kier alpha value is -2.44. The lowest BCUT2D eigenvalue weighted by atomic mass is 10.1. The van der Waals surface area contributed by atoms with E-state index in [1.807, 2.05) is 0 Å². The molecular weight excluding hydrogens is 248 g/mol. The van der Waals surface area contributed by atoms with E-state index >= 15 is 0 Å². The zero-order valence-corrected chi connectivity index (χ0v) is 10.7. The van der Waals surface area contributed by atoms with Crippen molar-refractivity contribution in [2.75, 3.05) is 0 Å². The van der Waals surface area contributed by atoms with Crippen LogP contribution in [0, 0.1) is 6.92 Å². The van der Waals surface area contributed by atoms with Crippen LogP contribution in [0.4, 0.5) is 0 Å². The maximum Gasteiger partial charge on any atom is 0.303 e. The van der Waals surface area contributed by atoms with Crippen molar-refractivity contribution in [3.05, 3.63) is 34.0 Å². The molecule has 2 rings (SSSR count). The second kappa shape index (κ2) is 5.05. The first-order valence-electron chi connectivity index (χ1n) is 5.78. The molecule has 0 radical (unpaired) electrons. The van der Waals surface area contributed by atoms with Crippen molar-refractivity contribution in [1.29, 1.82) is 0 Å². The summed E-state index contributed by atoms with van der Waals surface area (Å²) >= 11 is 0. The lowest BCUT2D eigenvalue weighted by molar-refractivity contribution is -0.136. The summed E-state index contributed by atoms with van der Waals surface area (Å²) in [5, 5.41) is 12.7. The molecule has 0 bridgehead atoms. The van der Waals surface area contributed by atoms with Crippen molar-refractivity contribution >= 4 is 5.97 Å². The first-order chi connectivity index (χ1) is 8.97. The molecule has 7 nitrogen and oxygen atoms in total. The summed E-state index contributed by atoms with van der Waals surface area (Å²) in [6, 6.07) is 0. The highest BCUT2D eigenvalue weighted by molar-refractivity contribution is 5.67. The Morgan fingerprint density at radius 3 is 2.79 bits per heavy atom. The van der Waals surface area contributed by atoms with E-state index in [2.05, 4.69) is 15.1 Å². The number of aliphatic carboxylic acids is 1. The molecule has 0 saturated heterocycles. The van der Waals surface area contributed by atoms with Gasteiger partial charge in [-0.15, -0.1) is 0 Å². The van der Waals surface area contributed by atoms with Crippen LogP contribution in [0.15, 0.2) is 17.2 Å². The molecule has 2 aromatic heterocycles. The average Bonchev–Trinajstić information content (AvgIpc) is 2.74. The molecule has 0 atom stereocenters. The smallest absolute Gasteiger partial charge is 0.303 e. The molecule has 2 aromatic rings. The van der Waals surface area contributed by atoms with Gasteiger partial charge < -0.3 is 10.1 Å². The van der Waals surface area contributed by atoms with E-state index in [4.69, 9.17) is 5.11 Å². The van der Waals surface area contributed by atoms with Crippen molar-refractivity contribution in [2.45, 2.75) is 19.8 Å². The third kappa shape index (κ3) is 2.87. The van der Waals surface area contributed by atoms with Crippen LogP contribution in [0.1, 0.15) is 17.7 Å². The maximum atomic E-state index is 11.9. The third-order valence-electron chi connectivity index (χ3n) is 2.79. The van der Waals surface area contributed by atoms with Gasteiger partial charge in [-0.25, -0.2) is 4.98 Å². The van der Waals surface area contributed by atoms with Gasteiger partial charge >= 0.3 is 5.97 Å². The van der Waals surface area contributed by atoms with E-state index in [0.717, 1.165) is 0 Å². The predicted octanol–water partition coefficient (Wildman–Crippen LogP) is 0.496. The fraction of sp³-hybridized carbons (Fsp3) is 0.333. The lowest BCUT2D eigenvalue weighted by Gasteiger charge is -2.04. The summed E-state index contributed by atoms with van der Waals surface area (Å²) in [5.41, 5.74) is 1.37. The molecule has 19 heavy (non-hydrogen) atoms. The number of aryl methyl sites for hydroxylation is 2. The van der Waals surface area contributed by atoms with Gasteiger partial charge in [-0.2, -0.15) is 5.10 Å². The van der Waals surface area contributed by atoms with E-state index in [1.54, 1.807) is 31.0 Å². The number of hydrogen-bond acceptors (Lipinski definition) is 4. The minimum atomic E-state index is -0.935.